The highest BCUT2D eigenvalue weighted by molar-refractivity contribution is 6.12. The zero-order chi connectivity index (χ0) is 24.1. The Labute approximate surface area is 200 Å². The van der Waals surface area contributed by atoms with Crippen LogP contribution in [0.5, 0.6) is 0 Å². The van der Waals surface area contributed by atoms with Crippen LogP contribution >= 0.6 is 0 Å². The Balaban J connectivity index is 1.54. The summed E-state index contributed by atoms with van der Waals surface area (Å²) in [4.78, 5) is 50.7. The lowest BCUT2D eigenvalue weighted by molar-refractivity contribution is -0.156. The molecule has 4 rings (SSSR count). The second-order valence-electron chi connectivity index (χ2n) is 9.28. The fraction of sp³-hybridized carbons (Fsp3) is 0.500. The Hall–Kier alpha value is -3.29. The molecule has 0 unspecified atom stereocenters. The monoisotopic (exact) mass is 463 g/mol. The topological polar surface area (TPSA) is 95.5 Å². The van der Waals surface area contributed by atoms with Gasteiger partial charge < -0.3 is 10.2 Å². The number of carbonyl (C=O) groups is 3. The van der Waals surface area contributed by atoms with Crippen molar-refractivity contribution in [2.24, 2.45) is 11.8 Å². The minimum absolute atomic E-state index is 0.00790. The van der Waals surface area contributed by atoms with Crippen molar-refractivity contribution < 1.29 is 14.4 Å². The van der Waals surface area contributed by atoms with Gasteiger partial charge in [0.15, 0.2) is 0 Å². The Kier molecular flexibility index (Phi) is 7.55. The van der Waals surface area contributed by atoms with Gasteiger partial charge >= 0.3 is 6.03 Å². The molecule has 34 heavy (non-hydrogen) atoms. The van der Waals surface area contributed by atoms with Crippen molar-refractivity contribution in [3.05, 3.63) is 54.6 Å². The number of aromatic nitrogens is 2. The smallest absolute Gasteiger partial charge is 0.325 e. The summed E-state index contributed by atoms with van der Waals surface area (Å²) in [5, 5.41) is 3.09. The van der Waals surface area contributed by atoms with Gasteiger partial charge in [-0.2, -0.15) is 0 Å². The van der Waals surface area contributed by atoms with Crippen LogP contribution in [-0.2, 0) is 16.0 Å². The predicted octanol–water partition coefficient (Wildman–Crippen LogP) is 3.58. The van der Waals surface area contributed by atoms with Crippen LogP contribution < -0.4 is 10.2 Å². The molecule has 2 aromatic heterocycles. The van der Waals surface area contributed by atoms with E-state index in [9.17, 15) is 14.4 Å². The number of nitrogens with zero attached hydrogens (tertiary/aromatic N) is 4. The summed E-state index contributed by atoms with van der Waals surface area (Å²) in [5.41, 5.74) is 1.57. The van der Waals surface area contributed by atoms with E-state index in [-0.39, 0.29) is 17.9 Å². The van der Waals surface area contributed by atoms with Crippen LogP contribution in [0.15, 0.2) is 49.1 Å². The number of hydrogen-bond acceptors (Lipinski definition) is 5. The molecule has 1 saturated carbocycles. The first-order valence-corrected chi connectivity index (χ1v) is 12.2. The van der Waals surface area contributed by atoms with Crippen molar-refractivity contribution in [1.29, 1.82) is 0 Å². The number of rotatable bonds is 7. The molecule has 1 N–H and O–H groups in total. The van der Waals surface area contributed by atoms with E-state index < -0.39 is 18.0 Å². The maximum Gasteiger partial charge on any atom is 0.325 e. The molecule has 8 nitrogen and oxygen atoms in total. The van der Waals surface area contributed by atoms with Crippen molar-refractivity contribution >= 4 is 23.5 Å². The molecule has 3 heterocycles. The molecule has 0 bridgehead atoms. The fourth-order valence-electron chi connectivity index (χ4n) is 5.24. The first-order valence-electron chi connectivity index (χ1n) is 12.2. The molecule has 3 atom stereocenters. The van der Waals surface area contributed by atoms with E-state index in [1.165, 1.54) is 24.2 Å². The Bertz CT molecular complexity index is 994. The molecular weight excluding hydrogens is 430 g/mol. The summed E-state index contributed by atoms with van der Waals surface area (Å²) < 4.78 is 0. The van der Waals surface area contributed by atoms with Crippen LogP contribution in [0.1, 0.15) is 51.0 Å². The summed E-state index contributed by atoms with van der Waals surface area (Å²) in [5.74, 6) is -0.778. The number of hydrogen-bond donors (Lipinski definition) is 1. The second kappa shape index (κ2) is 10.8. The average Bonchev–Trinajstić information content (AvgIpc) is 2.89. The highest BCUT2D eigenvalue weighted by atomic mass is 16.2. The predicted molar refractivity (Wildman–Crippen MR) is 129 cm³/mol. The number of urea groups is 1. The van der Waals surface area contributed by atoms with Crippen molar-refractivity contribution in [3.63, 3.8) is 0 Å². The standard InChI is InChI=1S/C26H33N5O3/c1-3-22(19-7-5-4-6-8-19)29-26(34)31-23(25(33)30(2)20-11-15-28-16-12-20)21(24(31)32)17-18-9-13-27-14-10-18/h9-16,19,21-23H,3-8,17H2,1-2H3,(H,29,34)/t21-,22-,23+/m1/s1. The highest BCUT2D eigenvalue weighted by Gasteiger charge is 2.55. The van der Waals surface area contributed by atoms with E-state index in [4.69, 9.17) is 0 Å². The van der Waals surface area contributed by atoms with Gasteiger partial charge in [-0.25, -0.2) is 4.79 Å². The number of pyridine rings is 2. The van der Waals surface area contributed by atoms with Gasteiger partial charge in [-0.3, -0.25) is 24.5 Å². The molecule has 2 aromatic rings. The SMILES string of the molecule is CC[C@@H](NC(=O)N1C(=O)[C@H](Cc2ccncc2)[C@H]1C(=O)N(C)c1ccncc1)C1CCCCC1. The number of amides is 4. The lowest BCUT2D eigenvalue weighted by Crippen LogP contribution is -2.71. The van der Waals surface area contributed by atoms with Gasteiger partial charge in [0.2, 0.25) is 5.91 Å². The number of likely N-dealkylation sites (tertiary alicyclic amines) is 1. The van der Waals surface area contributed by atoms with Gasteiger partial charge in [-0.05, 0) is 61.4 Å². The fourth-order valence-corrected chi connectivity index (χ4v) is 5.24. The number of likely N-dealkylation sites (N-methyl/N-ethyl adjacent to an activating group) is 1. The molecule has 8 heteroatoms. The molecule has 1 saturated heterocycles. The van der Waals surface area contributed by atoms with E-state index in [2.05, 4.69) is 22.2 Å². The number of imide groups is 1. The Morgan fingerprint density at radius 1 is 1.06 bits per heavy atom. The lowest BCUT2D eigenvalue weighted by Gasteiger charge is -2.46. The largest absolute Gasteiger partial charge is 0.335 e. The van der Waals surface area contributed by atoms with Crippen LogP contribution in [0.2, 0.25) is 0 Å². The van der Waals surface area contributed by atoms with E-state index in [1.807, 2.05) is 12.1 Å². The molecule has 2 aliphatic rings. The van der Waals surface area contributed by atoms with Gasteiger partial charge in [0.1, 0.15) is 6.04 Å². The lowest BCUT2D eigenvalue weighted by atomic mass is 9.81. The molecule has 0 spiro atoms. The maximum absolute atomic E-state index is 13.6. The van der Waals surface area contributed by atoms with Crippen molar-refractivity contribution in [2.45, 2.75) is 64.0 Å². The molecule has 2 fully saturated rings. The van der Waals surface area contributed by atoms with Crippen LogP contribution in [0.25, 0.3) is 0 Å². The summed E-state index contributed by atoms with van der Waals surface area (Å²) >= 11 is 0. The molecule has 1 aliphatic carbocycles. The van der Waals surface area contributed by atoms with E-state index in [0.717, 1.165) is 29.7 Å². The molecule has 180 valence electrons. The summed E-state index contributed by atoms with van der Waals surface area (Å²) in [6.07, 6.45) is 13.5. The Morgan fingerprint density at radius 2 is 1.68 bits per heavy atom. The number of β-lactam (4-membered cyclic amide) rings is 1. The average molecular weight is 464 g/mol. The number of anilines is 1. The third-order valence-electron chi connectivity index (χ3n) is 7.24. The molecule has 0 aromatic carbocycles. The van der Waals surface area contributed by atoms with Crippen LogP contribution in [0, 0.1) is 11.8 Å². The summed E-state index contributed by atoms with van der Waals surface area (Å²) in [7, 11) is 1.66. The third-order valence-corrected chi connectivity index (χ3v) is 7.24. The quantitative estimate of drug-likeness (QED) is 0.634. The molecule has 0 radical (unpaired) electrons. The van der Waals surface area contributed by atoms with Gasteiger partial charge in [0.25, 0.3) is 5.91 Å². The zero-order valence-electron chi connectivity index (χ0n) is 19.9. The van der Waals surface area contributed by atoms with Crippen LogP contribution in [-0.4, -0.2) is 51.8 Å². The number of nitrogens with one attached hydrogen (secondary N) is 1. The minimum atomic E-state index is -0.859. The summed E-state index contributed by atoms with van der Waals surface area (Å²) in [6.45, 7) is 2.06. The zero-order valence-corrected chi connectivity index (χ0v) is 19.9. The second-order valence-corrected chi connectivity index (χ2v) is 9.28. The van der Waals surface area contributed by atoms with Gasteiger partial charge in [-0.15, -0.1) is 0 Å². The number of carbonyl (C=O) groups excluding carboxylic acids is 3. The highest BCUT2D eigenvalue weighted by Crippen LogP contribution is 2.33. The van der Waals surface area contributed by atoms with Crippen molar-refractivity contribution in [1.82, 2.24) is 20.2 Å². The van der Waals surface area contributed by atoms with Crippen LogP contribution in [0.3, 0.4) is 0 Å². The van der Waals surface area contributed by atoms with E-state index >= 15 is 0 Å². The van der Waals surface area contributed by atoms with Gasteiger partial charge in [0.05, 0.1) is 5.92 Å². The minimum Gasteiger partial charge on any atom is -0.335 e. The molecule has 1 aliphatic heterocycles. The summed E-state index contributed by atoms with van der Waals surface area (Å²) in [6, 6.07) is 5.82. The first kappa shape index (κ1) is 23.9. The molecular formula is C26H33N5O3. The Morgan fingerprint density at radius 3 is 2.29 bits per heavy atom. The van der Waals surface area contributed by atoms with Crippen molar-refractivity contribution in [2.75, 3.05) is 11.9 Å². The van der Waals surface area contributed by atoms with Crippen molar-refractivity contribution in [3.8, 4) is 0 Å². The third kappa shape index (κ3) is 4.95. The van der Waals surface area contributed by atoms with E-state index in [0.29, 0.717) is 18.0 Å². The van der Waals surface area contributed by atoms with Gasteiger partial charge in [0, 0.05) is 43.6 Å². The van der Waals surface area contributed by atoms with Crippen LogP contribution in [0.4, 0.5) is 10.5 Å². The van der Waals surface area contributed by atoms with Gasteiger partial charge in [-0.1, -0.05) is 26.2 Å². The maximum atomic E-state index is 13.6. The van der Waals surface area contributed by atoms with E-state index in [1.54, 1.807) is 44.0 Å². The normalized spacial score (nSPS) is 21.5. The first-order chi connectivity index (χ1) is 16.5. The molecule has 4 amide bonds.